The Balaban J connectivity index is 1.71. The highest BCUT2D eigenvalue weighted by atomic mass is 16.5. The summed E-state index contributed by atoms with van der Waals surface area (Å²) in [7, 11) is 1.65. The fourth-order valence-electron chi connectivity index (χ4n) is 3.14. The zero-order valence-electron chi connectivity index (χ0n) is 12.8. The van der Waals surface area contributed by atoms with Crippen molar-refractivity contribution in [3.8, 4) is 5.75 Å². The molecule has 0 aliphatic heterocycles. The third kappa shape index (κ3) is 4.14. The topological polar surface area (TPSA) is 47.3 Å². The number of aryl methyl sites for hydroxylation is 1. The van der Waals surface area contributed by atoms with Gasteiger partial charge in [0.25, 0.3) is 0 Å². The number of benzene rings is 1. The van der Waals surface area contributed by atoms with Crippen molar-refractivity contribution < 1.29 is 4.74 Å². The van der Waals surface area contributed by atoms with Gasteiger partial charge < -0.3 is 15.8 Å². The van der Waals surface area contributed by atoms with Gasteiger partial charge in [-0.05, 0) is 55.8 Å². The number of anilines is 1. The molecule has 1 aliphatic carbocycles. The Morgan fingerprint density at radius 3 is 2.80 bits per heavy atom. The second-order valence-corrected chi connectivity index (χ2v) is 6.00. The van der Waals surface area contributed by atoms with Crippen LogP contribution in [0.1, 0.15) is 44.6 Å². The molecule has 3 N–H and O–H groups in total. The van der Waals surface area contributed by atoms with Crippen molar-refractivity contribution >= 4 is 5.69 Å². The Morgan fingerprint density at radius 2 is 2.10 bits per heavy atom. The number of ether oxygens (including phenoxy) is 1. The molecule has 20 heavy (non-hydrogen) atoms. The van der Waals surface area contributed by atoms with E-state index in [-0.39, 0.29) is 0 Å². The van der Waals surface area contributed by atoms with Crippen molar-refractivity contribution in [1.29, 1.82) is 0 Å². The van der Waals surface area contributed by atoms with Crippen LogP contribution in [0, 0.1) is 5.92 Å². The molecule has 0 saturated heterocycles. The maximum Gasteiger partial charge on any atom is 0.141 e. The lowest BCUT2D eigenvalue weighted by Crippen LogP contribution is -2.37. The summed E-state index contributed by atoms with van der Waals surface area (Å²) in [5, 5.41) is 3.72. The van der Waals surface area contributed by atoms with E-state index in [9.17, 15) is 0 Å². The molecular formula is C17H28N2O. The molecule has 0 heterocycles. The molecule has 1 aromatic rings. The normalized spacial score (nSPS) is 22.7. The second kappa shape index (κ2) is 7.53. The van der Waals surface area contributed by atoms with Crippen molar-refractivity contribution in [2.45, 2.75) is 51.5 Å². The molecule has 2 atom stereocenters. The first-order valence-electron chi connectivity index (χ1n) is 7.86. The molecule has 0 amide bonds. The van der Waals surface area contributed by atoms with Crippen molar-refractivity contribution in [3.63, 3.8) is 0 Å². The van der Waals surface area contributed by atoms with Crippen LogP contribution in [-0.2, 0) is 6.42 Å². The summed E-state index contributed by atoms with van der Waals surface area (Å²) < 4.78 is 5.18. The van der Waals surface area contributed by atoms with Gasteiger partial charge in [-0.25, -0.2) is 0 Å². The molecule has 1 saturated carbocycles. The minimum absolute atomic E-state index is 0.727. The summed E-state index contributed by atoms with van der Waals surface area (Å²) in [5.41, 5.74) is 7.96. The Labute approximate surface area is 122 Å². The van der Waals surface area contributed by atoms with Crippen molar-refractivity contribution in [1.82, 2.24) is 5.32 Å². The third-order valence-corrected chi connectivity index (χ3v) is 4.45. The predicted molar refractivity (Wildman–Crippen MR) is 85.2 cm³/mol. The van der Waals surface area contributed by atoms with E-state index in [1.54, 1.807) is 7.11 Å². The number of hydrogen-bond donors (Lipinski definition) is 2. The number of nitrogen functional groups attached to an aromatic ring is 1. The summed E-state index contributed by atoms with van der Waals surface area (Å²) >= 11 is 0. The van der Waals surface area contributed by atoms with E-state index in [1.165, 1.54) is 31.2 Å². The van der Waals surface area contributed by atoms with Gasteiger partial charge >= 0.3 is 0 Å². The van der Waals surface area contributed by atoms with Crippen LogP contribution < -0.4 is 15.8 Å². The number of methoxy groups -OCH3 is 1. The molecule has 3 nitrogen and oxygen atoms in total. The fraction of sp³-hybridized carbons (Fsp3) is 0.647. The van der Waals surface area contributed by atoms with Crippen LogP contribution in [0.2, 0.25) is 0 Å². The van der Waals surface area contributed by atoms with Gasteiger partial charge in [-0.2, -0.15) is 0 Å². The van der Waals surface area contributed by atoms with Crippen LogP contribution in [0.5, 0.6) is 5.75 Å². The van der Waals surface area contributed by atoms with E-state index in [1.807, 2.05) is 12.1 Å². The highest BCUT2D eigenvalue weighted by molar-refractivity contribution is 5.54. The van der Waals surface area contributed by atoms with Crippen LogP contribution in [0.25, 0.3) is 0 Å². The van der Waals surface area contributed by atoms with Gasteiger partial charge in [0.05, 0.1) is 12.8 Å². The van der Waals surface area contributed by atoms with Crippen LogP contribution in [0.3, 0.4) is 0 Å². The van der Waals surface area contributed by atoms with Gasteiger partial charge in [0.15, 0.2) is 0 Å². The molecule has 1 aliphatic rings. The van der Waals surface area contributed by atoms with E-state index in [0.717, 1.165) is 42.8 Å². The first kappa shape index (κ1) is 15.2. The number of rotatable bonds is 6. The van der Waals surface area contributed by atoms with Gasteiger partial charge in [0.1, 0.15) is 5.75 Å². The van der Waals surface area contributed by atoms with Crippen molar-refractivity contribution in [2.75, 3.05) is 19.4 Å². The fourth-order valence-corrected chi connectivity index (χ4v) is 3.14. The lowest BCUT2D eigenvalue weighted by molar-refractivity contribution is 0.280. The largest absolute Gasteiger partial charge is 0.495 e. The quantitative estimate of drug-likeness (QED) is 0.618. The minimum atomic E-state index is 0.727. The van der Waals surface area contributed by atoms with Crippen LogP contribution in [0.15, 0.2) is 18.2 Å². The van der Waals surface area contributed by atoms with Crippen LogP contribution >= 0.6 is 0 Å². The first-order chi connectivity index (χ1) is 9.70. The molecule has 112 valence electrons. The molecule has 0 radical (unpaired) electrons. The summed E-state index contributed by atoms with van der Waals surface area (Å²) in [6, 6.07) is 6.83. The van der Waals surface area contributed by atoms with E-state index >= 15 is 0 Å². The molecule has 1 aromatic carbocycles. The molecule has 3 heteroatoms. The van der Waals surface area contributed by atoms with Crippen molar-refractivity contribution in [2.24, 2.45) is 5.92 Å². The lowest BCUT2D eigenvalue weighted by Gasteiger charge is -2.29. The maximum absolute atomic E-state index is 5.93. The average Bonchev–Trinajstić information content (AvgIpc) is 2.45. The molecule has 0 aromatic heterocycles. The van der Waals surface area contributed by atoms with Gasteiger partial charge in [-0.3, -0.25) is 0 Å². The SMILES string of the molecule is COc1ccc(CCCNC2CCCCC2C)cc1N. The molecule has 2 unspecified atom stereocenters. The van der Waals surface area contributed by atoms with Crippen LogP contribution in [-0.4, -0.2) is 19.7 Å². The summed E-state index contributed by atoms with van der Waals surface area (Å²) in [6.45, 7) is 3.47. The summed E-state index contributed by atoms with van der Waals surface area (Å²) in [4.78, 5) is 0. The summed E-state index contributed by atoms with van der Waals surface area (Å²) in [6.07, 6.45) is 7.75. The molecule has 0 spiro atoms. The minimum Gasteiger partial charge on any atom is -0.495 e. The first-order valence-corrected chi connectivity index (χ1v) is 7.86. The average molecular weight is 276 g/mol. The van der Waals surface area contributed by atoms with Gasteiger partial charge in [-0.15, -0.1) is 0 Å². The Kier molecular flexibility index (Phi) is 5.72. The smallest absolute Gasteiger partial charge is 0.141 e. The van der Waals surface area contributed by atoms with Gasteiger partial charge in [-0.1, -0.05) is 25.8 Å². The Hall–Kier alpha value is -1.22. The molecule has 2 rings (SSSR count). The molecular weight excluding hydrogens is 248 g/mol. The Bertz CT molecular complexity index is 419. The predicted octanol–water partition coefficient (Wildman–Crippen LogP) is 3.38. The highest BCUT2D eigenvalue weighted by Gasteiger charge is 2.19. The second-order valence-electron chi connectivity index (χ2n) is 6.00. The number of nitrogens with two attached hydrogens (primary N) is 1. The highest BCUT2D eigenvalue weighted by Crippen LogP contribution is 2.24. The number of hydrogen-bond acceptors (Lipinski definition) is 3. The Morgan fingerprint density at radius 1 is 1.30 bits per heavy atom. The van der Waals surface area contributed by atoms with Crippen molar-refractivity contribution in [3.05, 3.63) is 23.8 Å². The van der Waals surface area contributed by atoms with E-state index in [0.29, 0.717) is 0 Å². The van der Waals surface area contributed by atoms with Crippen LogP contribution in [0.4, 0.5) is 5.69 Å². The zero-order valence-corrected chi connectivity index (χ0v) is 12.8. The maximum atomic E-state index is 5.93. The number of nitrogens with one attached hydrogen (secondary N) is 1. The zero-order chi connectivity index (χ0) is 14.4. The van der Waals surface area contributed by atoms with E-state index in [4.69, 9.17) is 10.5 Å². The molecule has 1 fully saturated rings. The third-order valence-electron chi connectivity index (χ3n) is 4.45. The standard InChI is InChI=1S/C17H28N2O/c1-13-6-3-4-8-16(13)19-11-5-7-14-9-10-17(20-2)15(18)12-14/h9-10,12-13,16,19H,3-8,11,18H2,1-2H3. The van der Waals surface area contributed by atoms with Gasteiger partial charge in [0.2, 0.25) is 0 Å². The molecule has 0 bridgehead atoms. The monoisotopic (exact) mass is 276 g/mol. The lowest BCUT2D eigenvalue weighted by atomic mass is 9.86. The van der Waals surface area contributed by atoms with Gasteiger partial charge in [0, 0.05) is 6.04 Å². The van der Waals surface area contributed by atoms with E-state index < -0.39 is 0 Å². The van der Waals surface area contributed by atoms with E-state index in [2.05, 4.69) is 18.3 Å². The summed E-state index contributed by atoms with van der Waals surface area (Å²) in [5.74, 6) is 1.60.